The van der Waals surface area contributed by atoms with Gasteiger partial charge in [0, 0.05) is 30.1 Å². The van der Waals surface area contributed by atoms with Crippen LogP contribution in [0.4, 0.5) is 0 Å². The lowest BCUT2D eigenvalue weighted by Crippen LogP contribution is -2.07. The van der Waals surface area contributed by atoms with Crippen molar-refractivity contribution in [2.24, 2.45) is 13.0 Å². The zero-order valence-corrected chi connectivity index (χ0v) is 11.0. The molecule has 0 bridgehead atoms. The first-order valence-corrected chi connectivity index (χ1v) is 6.69. The van der Waals surface area contributed by atoms with Gasteiger partial charge in [-0.25, -0.2) is 0 Å². The van der Waals surface area contributed by atoms with E-state index in [1.165, 1.54) is 5.56 Å². The molecule has 0 aliphatic heterocycles. The molecular formula is C16H16N2O. The highest BCUT2D eigenvalue weighted by Crippen LogP contribution is 2.39. The van der Waals surface area contributed by atoms with E-state index < -0.39 is 0 Å². The van der Waals surface area contributed by atoms with Gasteiger partial charge < -0.3 is 9.36 Å². The number of hydrogen-bond donors (Lipinski definition) is 0. The monoisotopic (exact) mass is 252 g/mol. The molecule has 1 saturated carbocycles. The molecule has 0 N–H and O–H groups in total. The maximum absolute atomic E-state index is 11.1. The fraction of sp³-hybridized carbons (Fsp3) is 0.375. The number of aldehydes is 1. The molecule has 2 atom stereocenters. The topological polar surface area (TPSA) is 45.8 Å². The van der Waals surface area contributed by atoms with Crippen molar-refractivity contribution >= 4 is 17.2 Å². The first kappa shape index (κ1) is 12.0. The molecule has 1 aliphatic carbocycles. The van der Waals surface area contributed by atoms with Gasteiger partial charge in [-0.3, -0.25) is 0 Å². The van der Waals surface area contributed by atoms with Gasteiger partial charge in [0.2, 0.25) is 0 Å². The van der Waals surface area contributed by atoms with Crippen LogP contribution in [0.25, 0.3) is 10.9 Å². The second kappa shape index (κ2) is 4.55. The van der Waals surface area contributed by atoms with E-state index >= 15 is 0 Å². The smallest absolute Gasteiger partial charge is 0.123 e. The van der Waals surface area contributed by atoms with Crippen molar-refractivity contribution in [1.82, 2.24) is 4.57 Å². The molecule has 3 heteroatoms. The molecule has 1 aromatic heterocycles. The SMILES string of the molecule is Cn1cc(C#N)c2cc(C3CCCC3C=O)ccc21. The minimum atomic E-state index is 0.145. The molecule has 0 saturated heterocycles. The predicted molar refractivity (Wildman–Crippen MR) is 73.8 cm³/mol. The highest BCUT2D eigenvalue weighted by molar-refractivity contribution is 5.87. The summed E-state index contributed by atoms with van der Waals surface area (Å²) in [5, 5.41) is 10.2. The highest BCUT2D eigenvalue weighted by Gasteiger charge is 2.28. The summed E-state index contributed by atoms with van der Waals surface area (Å²) < 4.78 is 1.98. The van der Waals surface area contributed by atoms with E-state index in [0.29, 0.717) is 11.5 Å². The number of rotatable bonds is 2. The Labute approximate surface area is 112 Å². The Kier molecular flexibility index (Phi) is 2.87. The van der Waals surface area contributed by atoms with E-state index in [0.717, 1.165) is 36.5 Å². The van der Waals surface area contributed by atoms with Crippen molar-refractivity contribution in [1.29, 1.82) is 5.26 Å². The summed E-state index contributed by atoms with van der Waals surface area (Å²) in [6.45, 7) is 0. The van der Waals surface area contributed by atoms with Crippen molar-refractivity contribution in [3.63, 3.8) is 0 Å². The zero-order valence-electron chi connectivity index (χ0n) is 11.0. The first-order chi connectivity index (χ1) is 9.24. The molecule has 3 rings (SSSR count). The highest BCUT2D eigenvalue weighted by atomic mass is 16.1. The van der Waals surface area contributed by atoms with Gasteiger partial charge in [0.25, 0.3) is 0 Å². The zero-order chi connectivity index (χ0) is 13.4. The minimum absolute atomic E-state index is 0.145. The van der Waals surface area contributed by atoms with Gasteiger partial charge in [-0.15, -0.1) is 0 Å². The van der Waals surface area contributed by atoms with Crippen molar-refractivity contribution in [2.75, 3.05) is 0 Å². The van der Waals surface area contributed by atoms with Gasteiger partial charge >= 0.3 is 0 Å². The lowest BCUT2D eigenvalue weighted by atomic mass is 9.89. The Balaban J connectivity index is 2.11. The Morgan fingerprint density at radius 1 is 1.42 bits per heavy atom. The van der Waals surface area contributed by atoms with Gasteiger partial charge in [-0.05, 0) is 36.5 Å². The van der Waals surface area contributed by atoms with Crippen molar-refractivity contribution in [3.8, 4) is 6.07 Å². The summed E-state index contributed by atoms with van der Waals surface area (Å²) >= 11 is 0. The van der Waals surface area contributed by atoms with Crippen LogP contribution in [-0.2, 0) is 11.8 Å². The van der Waals surface area contributed by atoms with Crippen molar-refractivity contribution in [3.05, 3.63) is 35.5 Å². The molecular weight excluding hydrogens is 236 g/mol. The molecule has 0 spiro atoms. The third-order valence-electron chi connectivity index (χ3n) is 4.31. The minimum Gasteiger partial charge on any atom is -0.349 e. The van der Waals surface area contributed by atoms with Crippen LogP contribution in [0.1, 0.15) is 36.3 Å². The third-order valence-corrected chi connectivity index (χ3v) is 4.31. The van der Waals surface area contributed by atoms with E-state index in [9.17, 15) is 10.1 Å². The molecule has 0 radical (unpaired) electrons. The molecule has 1 heterocycles. The summed E-state index contributed by atoms with van der Waals surface area (Å²) in [7, 11) is 1.95. The van der Waals surface area contributed by atoms with Crippen LogP contribution >= 0.6 is 0 Å². The fourth-order valence-corrected chi connectivity index (χ4v) is 3.29. The molecule has 1 fully saturated rings. The number of hydrogen-bond acceptors (Lipinski definition) is 2. The second-order valence-corrected chi connectivity index (χ2v) is 5.38. The normalized spacial score (nSPS) is 22.5. The Morgan fingerprint density at radius 2 is 2.26 bits per heavy atom. The number of aryl methyl sites for hydroxylation is 1. The molecule has 96 valence electrons. The van der Waals surface area contributed by atoms with Crippen LogP contribution in [0.2, 0.25) is 0 Å². The van der Waals surface area contributed by atoms with Crippen LogP contribution in [0.5, 0.6) is 0 Å². The standard InChI is InChI=1S/C16H16N2O/c1-18-9-13(8-17)15-7-11(5-6-16(15)18)14-4-2-3-12(14)10-19/h5-7,9-10,12,14H,2-4H2,1H3. The van der Waals surface area contributed by atoms with Crippen LogP contribution < -0.4 is 0 Å². The molecule has 19 heavy (non-hydrogen) atoms. The first-order valence-electron chi connectivity index (χ1n) is 6.69. The van der Waals surface area contributed by atoms with Gasteiger partial charge in [-0.1, -0.05) is 12.5 Å². The lowest BCUT2D eigenvalue weighted by molar-refractivity contribution is -0.111. The maximum Gasteiger partial charge on any atom is 0.123 e. The summed E-state index contributed by atoms with van der Waals surface area (Å²) in [6.07, 6.45) is 6.14. The number of nitriles is 1. The van der Waals surface area contributed by atoms with E-state index in [2.05, 4.69) is 24.3 Å². The predicted octanol–water partition coefficient (Wildman–Crippen LogP) is 3.13. The Bertz CT molecular complexity index is 678. The van der Waals surface area contributed by atoms with Gasteiger partial charge in [-0.2, -0.15) is 5.26 Å². The number of carbonyl (C=O) groups excluding carboxylic acids is 1. The summed E-state index contributed by atoms with van der Waals surface area (Å²) in [6, 6.07) is 8.51. The number of nitrogens with zero attached hydrogens (tertiary/aromatic N) is 2. The van der Waals surface area contributed by atoms with Gasteiger partial charge in [0.15, 0.2) is 0 Å². The summed E-state index contributed by atoms with van der Waals surface area (Å²) in [5.74, 6) is 0.473. The average molecular weight is 252 g/mol. The maximum atomic E-state index is 11.1. The van der Waals surface area contributed by atoms with Crippen molar-refractivity contribution < 1.29 is 4.79 Å². The molecule has 2 aromatic rings. The van der Waals surface area contributed by atoms with E-state index in [-0.39, 0.29) is 5.92 Å². The molecule has 1 aromatic carbocycles. The molecule has 3 nitrogen and oxygen atoms in total. The van der Waals surface area contributed by atoms with E-state index in [1.54, 1.807) is 0 Å². The summed E-state index contributed by atoms with van der Waals surface area (Å²) in [4.78, 5) is 11.1. The van der Waals surface area contributed by atoms with Crippen molar-refractivity contribution in [2.45, 2.75) is 25.2 Å². The second-order valence-electron chi connectivity index (χ2n) is 5.38. The number of fused-ring (bicyclic) bond motifs is 1. The van der Waals surface area contributed by atoms with Gasteiger partial charge in [0.1, 0.15) is 12.4 Å². The molecule has 2 unspecified atom stereocenters. The lowest BCUT2D eigenvalue weighted by Gasteiger charge is -2.15. The average Bonchev–Trinajstić information content (AvgIpc) is 3.03. The van der Waals surface area contributed by atoms with E-state index in [4.69, 9.17) is 0 Å². The summed E-state index contributed by atoms with van der Waals surface area (Å²) in [5.41, 5.74) is 2.98. The Hall–Kier alpha value is -2.08. The number of carbonyl (C=O) groups is 1. The van der Waals surface area contributed by atoms with Gasteiger partial charge in [0.05, 0.1) is 5.56 Å². The molecule has 1 aliphatic rings. The number of benzene rings is 1. The largest absolute Gasteiger partial charge is 0.349 e. The van der Waals surface area contributed by atoms with Crippen LogP contribution in [0.15, 0.2) is 24.4 Å². The van der Waals surface area contributed by atoms with Crippen LogP contribution in [0, 0.1) is 17.2 Å². The Morgan fingerprint density at radius 3 is 3.00 bits per heavy atom. The molecule has 0 amide bonds. The van der Waals surface area contributed by atoms with E-state index in [1.807, 2.05) is 17.8 Å². The number of aromatic nitrogens is 1. The fourth-order valence-electron chi connectivity index (χ4n) is 3.29. The quantitative estimate of drug-likeness (QED) is 0.771. The van der Waals surface area contributed by atoms with Crippen LogP contribution in [-0.4, -0.2) is 10.9 Å². The third kappa shape index (κ3) is 1.84. The van der Waals surface area contributed by atoms with Crippen LogP contribution in [0.3, 0.4) is 0 Å².